The largest absolute Gasteiger partial charge is 0.573 e. The maximum atomic E-state index is 12.1. The van der Waals surface area contributed by atoms with Gasteiger partial charge in [-0.15, -0.1) is 13.2 Å². The Morgan fingerprint density at radius 3 is 2.40 bits per heavy atom. The second kappa shape index (κ2) is 5.98. The average molecular weight is 286 g/mol. The number of hydrogen-bond acceptors (Lipinski definition) is 4. The van der Waals surface area contributed by atoms with Crippen LogP contribution in [0.4, 0.5) is 13.2 Å². The van der Waals surface area contributed by atoms with Gasteiger partial charge in [0.25, 0.3) is 0 Å². The summed E-state index contributed by atoms with van der Waals surface area (Å²) in [7, 11) is 0. The maximum absolute atomic E-state index is 12.1. The Labute approximate surface area is 113 Å². The Balaban J connectivity index is 2.07. The molecule has 0 spiro atoms. The van der Waals surface area contributed by atoms with Crippen molar-refractivity contribution >= 4 is 0 Å². The molecule has 2 aromatic rings. The first-order chi connectivity index (χ1) is 9.48. The van der Waals surface area contributed by atoms with Crippen LogP contribution in [0, 0.1) is 0 Å². The topological polar surface area (TPSA) is 60.4 Å². The molecule has 0 aliphatic carbocycles. The van der Waals surface area contributed by atoms with Crippen molar-refractivity contribution in [2.24, 2.45) is 5.84 Å². The van der Waals surface area contributed by atoms with Gasteiger partial charge in [-0.05, 0) is 35.7 Å². The van der Waals surface area contributed by atoms with Crippen LogP contribution in [0.25, 0.3) is 0 Å². The highest BCUT2D eigenvalue weighted by Crippen LogP contribution is 2.25. The van der Waals surface area contributed by atoms with E-state index in [0.717, 1.165) is 11.1 Å². The Bertz CT molecular complexity index is 524. The molecule has 20 heavy (non-hydrogen) atoms. The molecule has 0 bridgehead atoms. The van der Waals surface area contributed by atoms with Crippen LogP contribution in [0.2, 0.25) is 0 Å². The molecule has 0 aliphatic heterocycles. The molecule has 2 rings (SSSR count). The molecule has 1 atom stereocenters. The van der Waals surface area contributed by atoms with Gasteiger partial charge in [-0.3, -0.25) is 11.3 Å². The van der Waals surface area contributed by atoms with Crippen molar-refractivity contribution in [2.45, 2.75) is 18.8 Å². The number of alkyl halides is 3. The molecule has 108 valence electrons. The lowest BCUT2D eigenvalue weighted by Crippen LogP contribution is -2.29. The molecule has 1 aromatic heterocycles. The third kappa shape index (κ3) is 4.01. The summed E-state index contributed by atoms with van der Waals surface area (Å²) in [5, 5.41) is 0. The minimum absolute atomic E-state index is 0.229. The fraction of sp³-hybridized carbons (Fsp3) is 0.231. The van der Waals surface area contributed by atoms with Crippen molar-refractivity contribution < 1.29 is 22.3 Å². The lowest BCUT2D eigenvalue weighted by molar-refractivity contribution is -0.274. The summed E-state index contributed by atoms with van der Waals surface area (Å²) in [5.41, 5.74) is 4.31. The molecule has 0 saturated heterocycles. The molecule has 0 aliphatic rings. The molecule has 1 heterocycles. The predicted molar refractivity (Wildman–Crippen MR) is 65.6 cm³/mol. The van der Waals surface area contributed by atoms with E-state index in [9.17, 15) is 13.2 Å². The number of rotatable bonds is 5. The molecule has 7 heteroatoms. The van der Waals surface area contributed by atoms with E-state index in [2.05, 4.69) is 10.2 Å². The highest BCUT2D eigenvalue weighted by atomic mass is 19.4. The fourth-order valence-electron chi connectivity index (χ4n) is 1.82. The summed E-state index contributed by atoms with van der Waals surface area (Å²) >= 11 is 0. The van der Waals surface area contributed by atoms with Gasteiger partial charge in [0.1, 0.15) is 5.75 Å². The number of ether oxygens (including phenoxy) is 1. The zero-order valence-electron chi connectivity index (χ0n) is 10.4. The predicted octanol–water partition coefficient (Wildman–Crippen LogP) is 2.93. The molecule has 0 radical (unpaired) electrons. The van der Waals surface area contributed by atoms with Crippen LogP contribution in [-0.2, 0) is 6.42 Å². The summed E-state index contributed by atoms with van der Waals surface area (Å²) < 4.78 is 44.9. The zero-order chi connectivity index (χ0) is 14.6. The van der Waals surface area contributed by atoms with Crippen molar-refractivity contribution in [3.05, 3.63) is 54.0 Å². The summed E-state index contributed by atoms with van der Waals surface area (Å²) in [6.07, 6.45) is -0.995. The number of benzene rings is 1. The van der Waals surface area contributed by atoms with Gasteiger partial charge >= 0.3 is 6.36 Å². The Morgan fingerprint density at radius 1 is 1.20 bits per heavy atom. The van der Waals surface area contributed by atoms with E-state index >= 15 is 0 Å². The highest BCUT2D eigenvalue weighted by molar-refractivity contribution is 5.30. The minimum Gasteiger partial charge on any atom is -0.472 e. The number of hydrogen-bond donors (Lipinski definition) is 2. The monoisotopic (exact) mass is 286 g/mol. The van der Waals surface area contributed by atoms with Gasteiger partial charge in [0, 0.05) is 0 Å². The fourth-order valence-corrected chi connectivity index (χ4v) is 1.82. The van der Waals surface area contributed by atoms with Crippen LogP contribution in [-0.4, -0.2) is 6.36 Å². The van der Waals surface area contributed by atoms with Crippen molar-refractivity contribution in [2.75, 3.05) is 0 Å². The van der Waals surface area contributed by atoms with Crippen LogP contribution in [0.1, 0.15) is 17.2 Å². The highest BCUT2D eigenvalue weighted by Gasteiger charge is 2.31. The average Bonchev–Trinajstić information content (AvgIpc) is 2.88. The Kier molecular flexibility index (Phi) is 4.31. The van der Waals surface area contributed by atoms with Crippen molar-refractivity contribution in [3.8, 4) is 5.75 Å². The number of furan rings is 1. The Morgan fingerprint density at radius 2 is 1.90 bits per heavy atom. The minimum atomic E-state index is -4.69. The van der Waals surface area contributed by atoms with E-state index < -0.39 is 6.36 Å². The van der Waals surface area contributed by atoms with Crippen LogP contribution >= 0.6 is 0 Å². The number of halogens is 3. The third-order valence-electron chi connectivity index (χ3n) is 2.74. The second-order valence-electron chi connectivity index (χ2n) is 4.17. The van der Waals surface area contributed by atoms with Crippen molar-refractivity contribution in [1.29, 1.82) is 0 Å². The van der Waals surface area contributed by atoms with E-state index in [0.29, 0.717) is 6.42 Å². The Hall–Kier alpha value is -1.99. The molecule has 0 saturated carbocycles. The standard InChI is InChI=1S/C13H13F3N2O2/c14-13(15,16)20-11-3-1-10(2-4-11)12(18-17)7-9-5-6-19-8-9/h1-6,8,12,18H,7,17H2. The summed E-state index contributed by atoms with van der Waals surface area (Å²) in [4.78, 5) is 0. The molecule has 3 N–H and O–H groups in total. The third-order valence-corrected chi connectivity index (χ3v) is 2.74. The molecule has 1 aromatic carbocycles. The van der Waals surface area contributed by atoms with Gasteiger partial charge in [-0.25, -0.2) is 0 Å². The molecular weight excluding hydrogens is 273 g/mol. The molecule has 0 amide bonds. The van der Waals surface area contributed by atoms with E-state index in [-0.39, 0.29) is 11.8 Å². The van der Waals surface area contributed by atoms with Gasteiger partial charge < -0.3 is 9.15 Å². The second-order valence-corrected chi connectivity index (χ2v) is 4.17. The molecule has 0 fully saturated rings. The van der Waals surface area contributed by atoms with Crippen LogP contribution in [0.5, 0.6) is 5.75 Å². The summed E-state index contributed by atoms with van der Waals surface area (Å²) in [6.45, 7) is 0. The van der Waals surface area contributed by atoms with Gasteiger partial charge in [-0.1, -0.05) is 12.1 Å². The van der Waals surface area contributed by atoms with E-state index in [4.69, 9.17) is 10.3 Å². The molecule has 1 unspecified atom stereocenters. The van der Waals surface area contributed by atoms with E-state index in [1.165, 1.54) is 24.3 Å². The van der Waals surface area contributed by atoms with Crippen LogP contribution < -0.4 is 16.0 Å². The first-order valence-electron chi connectivity index (χ1n) is 5.81. The number of nitrogens with one attached hydrogen (secondary N) is 1. The normalized spacial score (nSPS) is 13.2. The molecule has 4 nitrogen and oxygen atoms in total. The van der Waals surface area contributed by atoms with Crippen LogP contribution in [0.3, 0.4) is 0 Å². The molecular formula is C13H13F3N2O2. The lowest BCUT2D eigenvalue weighted by Gasteiger charge is -2.16. The van der Waals surface area contributed by atoms with Crippen molar-refractivity contribution in [3.63, 3.8) is 0 Å². The first-order valence-corrected chi connectivity index (χ1v) is 5.81. The van der Waals surface area contributed by atoms with Crippen LogP contribution in [0.15, 0.2) is 47.3 Å². The SMILES string of the molecule is NNC(Cc1ccoc1)c1ccc(OC(F)(F)F)cc1. The van der Waals surface area contributed by atoms with Crippen molar-refractivity contribution in [1.82, 2.24) is 5.43 Å². The van der Waals surface area contributed by atoms with E-state index in [1.54, 1.807) is 18.6 Å². The van der Waals surface area contributed by atoms with Gasteiger partial charge in [-0.2, -0.15) is 0 Å². The summed E-state index contributed by atoms with van der Waals surface area (Å²) in [6, 6.07) is 7.14. The number of nitrogens with two attached hydrogens (primary N) is 1. The number of hydrazine groups is 1. The lowest BCUT2D eigenvalue weighted by atomic mass is 10.0. The van der Waals surface area contributed by atoms with Gasteiger partial charge in [0.2, 0.25) is 0 Å². The first kappa shape index (κ1) is 14.4. The zero-order valence-corrected chi connectivity index (χ0v) is 10.4. The maximum Gasteiger partial charge on any atom is 0.573 e. The van der Waals surface area contributed by atoms with Gasteiger partial charge in [0.05, 0.1) is 18.6 Å². The van der Waals surface area contributed by atoms with Gasteiger partial charge in [0.15, 0.2) is 0 Å². The summed E-state index contributed by atoms with van der Waals surface area (Å²) in [5.74, 6) is 5.21. The quantitative estimate of drug-likeness (QED) is 0.655. The smallest absolute Gasteiger partial charge is 0.472 e. The van der Waals surface area contributed by atoms with E-state index in [1.807, 2.05) is 0 Å².